The third-order valence-electron chi connectivity index (χ3n) is 1.50. The Bertz CT molecular complexity index is 127. The lowest BCUT2D eigenvalue weighted by molar-refractivity contribution is -0.131. The van der Waals surface area contributed by atoms with Gasteiger partial charge >= 0.3 is 5.97 Å². The molecule has 10 heavy (non-hydrogen) atoms. The molecule has 0 aromatic carbocycles. The fourth-order valence-corrected chi connectivity index (χ4v) is 0.568. The molecule has 0 amide bonds. The highest BCUT2D eigenvalue weighted by molar-refractivity contribution is 5.79. The first kappa shape index (κ1) is 9.21. The van der Waals surface area contributed by atoms with Gasteiger partial charge in [-0.2, -0.15) is 0 Å². The van der Waals surface area contributed by atoms with E-state index in [1.54, 1.807) is 6.08 Å². The van der Waals surface area contributed by atoms with E-state index in [0.717, 1.165) is 12.8 Å². The van der Waals surface area contributed by atoms with Crippen LogP contribution in [-0.4, -0.2) is 11.1 Å². The minimum absolute atomic E-state index is 0.593. The largest absolute Gasteiger partial charge is 0.478 e. The summed E-state index contributed by atoms with van der Waals surface area (Å²) in [6.07, 6.45) is 4.87. The average molecular weight is 142 g/mol. The number of carboxylic acids is 1. The molecule has 58 valence electrons. The summed E-state index contributed by atoms with van der Waals surface area (Å²) >= 11 is 0. The van der Waals surface area contributed by atoms with Crippen LogP contribution in [0.3, 0.4) is 0 Å². The highest BCUT2D eigenvalue weighted by Gasteiger charge is 1.93. The monoisotopic (exact) mass is 142 g/mol. The fourth-order valence-electron chi connectivity index (χ4n) is 0.568. The van der Waals surface area contributed by atoms with Crippen LogP contribution < -0.4 is 0 Å². The zero-order chi connectivity index (χ0) is 7.98. The second kappa shape index (κ2) is 5.03. The van der Waals surface area contributed by atoms with Gasteiger partial charge in [0, 0.05) is 6.08 Å². The Morgan fingerprint density at radius 3 is 2.70 bits per heavy atom. The molecule has 1 unspecified atom stereocenters. The lowest BCUT2D eigenvalue weighted by atomic mass is 10.1. The highest BCUT2D eigenvalue weighted by Crippen LogP contribution is 2.05. The molecule has 0 spiro atoms. The van der Waals surface area contributed by atoms with Gasteiger partial charge in [0.05, 0.1) is 0 Å². The van der Waals surface area contributed by atoms with Crippen LogP contribution in [0.5, 0.6) is 0 Å². The Morgan fingerprint density at radius 2 is 2.30 bits per heavy atom. The summed E-state index contributed by atoms with van der Waals surface area (Å²) in [5, 5.41) is 8.21. The molecule has 0 aromatic heterocycles. The van der Waals surface area contributed by atoms with Crippen molar-refractivity contribution in [3.63, 3.8) is 0 Å². The zero-order valence-electron chi connectivity index (χ0n) is 6.50. The normalized spacial score (nSPS) is 13.8. The Labute approximate surface area is 61.6 Å². The van der Waals surface area contributed by atoms with Crippen molar-refractivity contribution in [2.75, 3.05) is 0 Å². The fraction of sp³-hybridized carbons (Fsp3) is 0.625. The van der Waals surface area contributed by atoms with Gasteiger partial charge in [-0.3, -0.25) is 0 Å². The smallest absolute Gasteiger partial charge is 0.327 e. The first-order valence-corrected chi connectivity index (χ1v) is 3.56. The molecular formula is C8H14O2. The van der Waals surface area contributed by atoms with Crippen LogP contribution in [0, 0.1) is 5.92 Å². The maximum atomic E-state index is 9.98. The Hall–Kier alpha value is -0.790. The van der Waals surface area contributed by atoms with Crippen LogP contribution in [0.2, 0.25) is 0 Å². The summed E-state index contributed by atoms with van der Waals surface area (Å²) in [7, 11) is 0. The van der Waals surface area contributed by atoms with Gasteiger partial charge in [-0.1, -0.05) is 26.3 Å². The van der Waals surface area contributed by atoms with Gasteiger partial charge in [0.1, 0.15) is 0 Å². The van der Waals surface area contributed by atoms with E-state index < -0.39 is 5.97 Å². The number of allylic oxidation sites excluding steroid dienone is 1. The topological polar surface area (TPSA) is 37.3 Å². The van der Waals surface area contributed by atoms with E-state index in [1.165, 1.54) is 6.08 Å². The molecule has 0 radical (unpaired) electrons. The number of hydrogen-bond acceptors (Lipinski definition) is 1. The maximum Gasteiger partial charge on any atom is 0.327 e. The standard InChI is InChI=1S/C8H14O2/c1-3-7(2)5-4-6-8(9)10/h4,6-7H,3,5H2,1-2H3,(H,9,10). The van der Waals surface area contributed by atoms with Gasteiger partial charge in [-0.15, -0.1) is 0 Å². The van der Waals surface area contributed by atoms with Crippen molar-refractivity contribution in [3.05, 3.63) is 12.2 Å². The zero-order valence-corrected chi connectivity index (χ0v) is 6.50. The minimum atomic E-state index is -0.858. The summed E-state index contributed by atoms with van der Waals surface area (Å²) in [5.41, 5.74) is 0. The first-order chi connectivity index (χ1) is 4.66. The summed E-state index contributed by atoms with van der Waals surface area (Å²) in [6, 6.07) is 0. The van der Waals surface area contributed by atoms with Crippen molar-refractivity contribution < 1.29 is 9.90 Å². The molecule has 0 bridgehead atoms. The molecule has 0 aliphatic rings. The minimum Gasteiger partial charge on any atom is -0.478 e. The number of aliphatic carboxylic acids is 1. The third-order valence-corrected chi connectivity index (χ3v) is 1.50. The molecule has 2 heteroatoms. The van der Waals surface area contributed by atoms with Gasteiger partial charge < -0.3 is 5.11 Å². The van der Waals surface area contributed by atoms with Gasteiger partial charge in [0.15, 0.2) is 0 Å². The molecule has 0 aliphatic heterocycles. The highest BCUT2D eigenvalue weighted by atomic mass is 16.4. The first-order valence-electron chi connectivity index (χ1n) is 3.56. The second-order valence-corrected chi connectivity index (χ2v) is 2.49. The Balaban J connectivity index is 3.43. The summed E-state index contributed by atoms with van der Waals surface area (Å²) in [4.78, 5) is 9.98. The van der Waals surface area contributed by atoms with Crippen molar-refractivity contribution >= 4 is 5.97 Å². The lowest BCUT2D eigenvalue weighted by Gasteiger charge is -2.00. The van der Waals surface area contributed by atoms with Crippen LogP contribution in [0.25, 0.3) is 0 Å². The predicted octanol–water partition coefficient (Wildman–Crippen LogP) is 2.06. The van der Waals surface area contributed by atoms with E-state index in [-0.39, 0.29) is 0 Å². The molecule has 0 aliphatic carbocycles. The molecular weight excluding hydrogens is 128 g/mol. The van der Waals surface area contributed by atoms with Crippen molar-refractivity contribution in [2.45, 2.75) is 26.7 Å². The van der Waals surface area contributed by atoms with Gasteiger partial charge in [0.25, 0.3) is 0 Å². The molecule has 1 atom stereocenters. The summed E-state index contributed by atoms with van der Waals surface area (Å²) in [6.45, 7) is 4.20. The SMILES string of the molecule is CCC(C)CC=CC(=O)O. The number of rotatable bonds is 4. The van der Waals surface area contributed by atoms with Crippen LogP contribution in [-0.2, 0) is 4.79 Å². The van der Waals surface area contributed by atoms with Crippen LogP contribution >= 0.6 is 0 Å². The van der Waals surface area contributed by atoms with Crippen LogP contribution in [0.4, 0.5) is 0 Å². The molecule has 0 fully saturated rings. The quantitative estimate of drug-likeness (QED) is 0.610. The van der Waals surface area contributed by atoms with E-state index in [1.807, 2.05) is 0 Å². The van der Waals surface area contributed by atoms with E-state index in [4.69, 9.17) is 5.11 Å². The number of carboxylic acid groups (broad SMARTS) is 1. The maximum absolute atomic E-state index is 9.98. The van der Waals surface area contributed by atoms with E-state index in [2.05, 4.69) is 13.8 Å². The molecule has 0 rings (SSSR count). The molecule has 0 aromatic rings. The van der Waals surface area contributed by atoms with Gasteiger partial charge in [0.2, 0.25) is 0 Å². The summed E-state index contributed by atoms with van der Waals surface area (Å²) < 4.78 is 0. The molecule has 0 saturated heterocycles. The number of hydrogen-bond donors (Lipinski definition) is 1. The molecule has 1 N–H and O–H groups in total. The van der Waals surface area contributed by atoms with Crippen molar-refractivity contribution in [2.24, 2.45) is 5.92 Å². The van der Waals surface area contributed by atoms with Crippen LogP contribution in [0.1, 0.15) is 26.7 Å². The van der Waals surface area contributed by atoms with Gasteiger partial charge in [-0.25, -0.2) is 4.79 Å². The third kappa shape index (κ3) is 5.35. The summed E-state index contributed by atoms with van der Waals surface area (Å²) in [5.74, 6) is -0.265. The van der Waals surface area contributed by atoms with E-state index in [9.17, 15) is 4.79 Å². The van der Waals surface area contributed by atoms with Crippen LogP contribution in [0.15, 0.2) is 12.2 Å². The van der Waals surface area contributed by atoms with Crippen molar-refractivity contribution in [1.29, 1.82) is 0 Å². The average Bonchev–Trinajstić information content (AvgIpc) is 1.87. The molecule has 2 nitrogen and oxygen atoms in total. The Kier molecular flexibility index (Phi) is 4.63. The second-order valence-electron chi connectivity index (χ2n) is 2.49. The van der Waals surface area contributed by atoms with E-state index in [0.29, 0.717) is 5.92 Å². The van der Waals surface area contributed by atoms with E-state index >= 15 is 0 Å². The van der Waals surface area contributed by atoms with Crippen molar-refractivity contribution in [1.82, 2.24) is 0 Å². The van der Waals surface area contributed by atoms with Gasteiger partial charge in [-0.05, 0) is 12.3 Å². The lowest BCUT2D eigenvalue weighted by Crippen LogP contribution is -1.90. The Morgan fingerprint density at radius 1 is 1.70 bits per heavy atom. The van der Waals surface area contributed by atoms with Crippen molar-refractivity contribution in [3.8, 4) is 0 Å². The number of carbonyl (C=O) groups is 1. The molecule has 0 heterocycles. The molecule has 0 saturated carbocycles. The predicted molar refractivity (Wildman–Crippen MR) is 40.8 cm³/mol.